The van der Waals surface area contributed by atoms with Crippen LogP contribution in [0.3, 0.4) is 0 Å². The standard InChI is InChI=1S/C14H18ClN3O3/c15-11-5-10(7-17-12(11)16)13(19)18-6-8-1-3-9(4-2-8)14(20)21/h5,7-9H,1-4,6H2,(H2,16,17)(H,18,19)(H,20,21). The van der Waals surface area contributed by atoms with E-state index in [1.165, 1.54) is 12.3 Å². The Morgan fingerprint density at radius 2 is 2.05 bits per heavy atom. The summed E-state index contributed by atoms with van der Waals surface area (Å²) < 4.78 is 0. The summed E-state index contributed by atoms with van der Waals surface area (Å²) >= 11 is 5.83. The first kappa shape index (κ1) is 15.6. The molecule has 1 amide bonds. The fourth-order valence-corrected chi connectivity index (χ4v) is 2.69. The molecule has 1 heterocycles. The van der Waals surface area contributed by atoms with Gasteiger partial charge in [-0.05, 0) is 37.7 Å². The molecule has 1 aromatic rings. The van der Waals surface area contributed by atoms with E-state index in [0.717, 1.165) is 12.8 Å². The summed E-state index contributed by atoms with van der Waals surface area (Å²) in [6.45, 7) is 0.535. The monoisotopic (exact) mass is 311 g/mol. The minimum absolute atomic E-state index is 0.195. The van der Waals surface area contributed by atoms with Crippen LogP contribution in [0.15, 0.2) is 12.3 Å². The van der Waals surface area contributed by atoms with Crippen molar-refractivity contribution < 1.29 is 14.7 Å². The molecule has 0 atom stereocenters. The number of hydrogen-bond donors (Lipinski definition) is 3. The molecule has 114 valence electrons. The number of rotatable bonds is 4. The summed E-state index contributed by atoms with van der Waals surface area (Å²) in [6, 6.07) is 1.49. The van der Waals surface area contributed by atoms with E-state index in [-0.39, 0.29) is 22.7 Å². The van der Waals surface area contributed by atoms with E-state index in [4.69, 9.17) is 22.4 Å². The van der Waals surface area contributed by atoms with Crippen molar-refractivity contribution in [1.29, 1.82) is 0 Å². The number of anilines is 1. The molecule has 0 bridgehead atoms. The molecule has 4 N–H and O–H groups in total. The number of hydrogen-bond acceptors (Lipinski definition) is 4. The zero-order valence-electron chi connectivity index (χ0n) is 11.5. The number of amides is 1. The van der Waals surface area contributed by atoms with Crippen LogP contribution < -0.4 is 11.1 Å². The Balaban J connectivity index is 1.82. The maximum atomic E-state index is 12.0. The summed E-state index contributed by atoms with van der Waals surface area (Å²) in [5, 5.41) is 12.0. The number of aromatic nitrogens is 1. The van der Waals surface area contributed by atoms with Gasteiger partial charge in [-0.1, -0.05) is 11.6 Å². The molecule has 1 aliphatic carbocycles. The Kier molecular flexibility index (Phi) is 5.01. The maximum absolute atomic E-state index is 12.0. The van der Waals surface area contributed by atoms with Crippen molar-refractivity contribution in [3.05, 3.63) is 22.8 Å². The molecule has 2 rings (SSSR count). The fraction of sp³-hybridized carbons (Fsp3) is 0.500. The smallest absolute Gasteiger partial charge is 0.306 e. The number of carbonyl (C=O) groups excluding carboxylic acids is 1. The Bertz CT molecular complexity index is 542. The van der Waals surface area contributed by atoms with Crippen LogP contribution in [0.1, 0.15) is 36.0 Å². The SMILES string of the molecule is Nc1ncc(C(=O)NCC2CCC(C(=O)O)CC2)cc1Cl. The number of nitrogens with two attached hydrogens (primary N) is 1. The minimum atomic E-state index is -0.722. The highest BCUT2D eigenvalue weighted by Crippen LogP contribution is 2.28. The van der Waals surface area contributed by atoms with Crippen molar-refractivity contribution >= 4 is 29.3 Å². The second kappa shape index (κ2) is 6.76. The second-order valence-corrected chi connectivity index (χ2v) is 5.76. The van der Waals surface area contributed by atoms with Crippen molar-refractivity contribution in [2.75, 3.05) is 12.3 Å². The summed E-state index contributed by atoms with van der Waals surface area (Å²) in [5.74, 6) is -0.691. The average molecular weight is 312 g/mol. The summed E-state index contributed by atoms with van der Waals surface area (Å²) in [5.41, 5.74) is 5.86. The van der Waals surface area contributed by atoms with Crippen LogP contribution in [-0.4, -0.2) is 28.5 Å². The number of carboxylic acid groups (broad SMARTS) is 1. The molecule has 21 heavy (non-hydrogen) atoms. The van der Waals surface area contributed by atoms with Gasteiger partial charge in [-0.3, -0.25) is 9.59 Å². The van der Waals surface area contributed by atoms with Gasteiger partial charge in [0.1, 0.15) is 5.82 Å². The van der Waals surface area contributed by atoms with Crippen molar-refractivity contribution in [2.24, 2.45) is 11.8 Å². The van der Waals surface area contributed by atoms with Crippen LogP contribution in [0, 0.1) is 11.8 Å². The highest BCUT2D eigenvalue weighted by molar-refractivity contribution is 6.33. The third-order valence-corrected chi connectivity index (χ3v) is 4.18. The Morgan fingerprint density at radius 1 is 1.38 bits per heavy atom. The molecule has 7 heteroatoms. The van der Waals surface area contributed by atoms with Gasteiger partial charge in [0.05, 0.1) is 16.5 Å². The molecule has 0 aromatic carbocycles. The quantitative estimate of drug-likeness (QED) is 0.788. The van der Waals surface area contributed by atoms with Crippen LogP contribution in [0.4, 0.5) is 5.82 Å². The third kappa shape index (κ3) is 4.07. The van der Waals surface area contributed by atoms with E-state index in [1.807, 2.05) is 0 Å². The molecular formula is C14H18ClN3O3. The van der Waals surface area contributed by atoms with Crippen LogP contribution in [-0.2, 0) is 4.79 Å². The average Bonchev–Trinajstić information content (AvgIpc) is 2.48. The van der Waals surface area contributed by atoms with Crippen molar-refractivity contribution in [1.82, 2.24) is 10.3 Å². The maximum Gasteiger partial charge on any atom is 0.306 e. The predicted molar refractivity (Wildman–Crippen MR) is 79.1 cm³/mol. The molecule has 0 spiro atoms. The van der Waals surface area contributed by atoms with Crippen LogP contribution in [0.2, 0.25) is 5.02 Å². The highest BCUT2D eigenvalue weighted by atomic mass is 35.5. The van der Waals surface area contributed by atoms with Crippen molar-refractivity contribution in [2.45, 2.75) is 25.7 Å². The van der Waals surface area contributed by atoms with Gasteiger partial charge >= 0.3 is 5.97 Å². The van der Waals surface area contributed by atoms with Gasteiger partial charge < -0.3 is 16.2 Å². The first-order valence-electron chi connectivity index (χ1n) is 6.89. The minimum Gasteiger partial charge on any atom is -0.481 e. The van der Waals surface area contributed by atoms with E-state index in [1.54, 1.807) is 0 Å². The lowest BCUT2D eigenvalue weighted by molar-refractivity contribution is -0.143. The molecular weight excluding hydrogens is 294 g/mol. The molecule has 1 aliphatic rings. The number of carboxylic acids is 1. The summed E-state index contributed by atoms with van der Waals surface area (Å²) in [4.78, 5) is 26.7. The predicted octanol–water partition coefficient (Wildman–Crippen LogP) is 1.94. The number of halogens is 1. The van der Waals surface area contributed by atoms with Crippen LogP contribution in [0.5, 0.6) is 0 Å². The van der Waals surface area contributed by atoms with E-state index < -0.39 is 5.97 Å². The number of pyridine rings is 1. The summed E-state index contributed by atoms with van der Waals surface area (Å²) in [7, 11) is 0. The highest BCUT2D eigenvalue weighted by Gasteiger charge is 2.26. The molecule has 0 radical (unpaired) electrons. The van der Waals surface area contributed by atoms with Crippen LogP contribution in [0.25, 0.3) is 0 Å². The van der Waals surface area contributed by atoms with E-state index >= 15 is 0 Å². The first-order chi connectivity index (χ1) is 9.97. The lowest BCUT2D eigenvalue weighted by atomic mass is 9.82. The Labute approximate surface area is 127 Å². The normalized spacial score (nSPS) is 21.8. The van der Waals surface area contributed by atoms with E-state index in [2.05, 4.69) is 10.3 Å². The first-order valence-corrected chi connectivity index (χ1v) is 7.27. The van der Waals surface area contributed by atoms with Gasteiger partial charge in [-0.2, -0.15) is 0 Å². The zero-order valence-corrected chi connectivity index (χ0v) is 12.3. The molecule has 1 saturated carbocycles. The molecule has 0 saturated heterocycles. The molecule has 1 aromatic heterocycles. The Hall–Kier alpha value is -1.82. The van der Waals surface area contributed by atoms with Crippen LogP contribution >= 0.6 is 11.6 Å². The van der Waals surface area contributed by atoms with E-state index in [9.17, 15) is 9.59 Å². The van der Waals surface area contributed by atoms with Gasteiger partial charge in [0, 0.05) is 12.7 Å². The van der Waals surface area contributed by atoms with Gasteiger partial charge in [-0.25, -0.2) is 4.98 Å². The van der Waals surface area contributed by atoms with Gasteiger partial charge in [0.25, 0.3) is 5.91 Å². The topological polar surface area (TPSA) is 105 Å². The Morgan fingerprint density at radius 3 is 2.62 bits per heavy atom. The second-order valence-electron chi connectivity index (χ2n) is 5.36. The zero-order chi connectivity index (χ0) is 15.4. The lowest BCUT2D eigenvalue weighted by Gasteiger charge is -2.26. The number of aliphatic carboxylic acids is 1. The number of nitrogens with one attached hydrogen (secondary N) is 1. The fourth-order valence-electron chi connectivity index (χ4n) is 2.53. The number of carbonyl (C=O) groups is 2. The lowest BCUT2D eigenvalue weighted by Crippen LogP contribution is -2.32. The summed E-state index contributed by atoms with van der Waals surface area (Å²) in [6.07, 6.45) is 4.37. The largest absolute Gasteiger partial charge is 0.481 e. The number of nitrogen functional groups attached to an aromatic ring is 1. The molecule has 6 nitrogen and oxygen atoms in total. The van der Waals surface area contributed by atoms with E-state index in [0.29, 0.717) is 30.9 Å². The van der Waals surface area contributed by atoms with Gasteiger partial charge in [0.15, 0.2) is 0 Å². The van der Waals surface area contributed by atoms with Crippen molar-refractivity contribution in [3.63, 3.8) is 0 Å². The molecule has 1 fully saturated rings. The van der Waals surface area contributed by atoms with Gasteiger partial charge in [0.2, 0.25) is 0 Å². The third-order valence-electron chi connectivity index (χ3n) is 3.88. The number of nitrogens with zero attached hydrogens (tertiary/aromatic N) is 1. The molecule has 0 aliphatic heterocycles. The van der Waals surface area contributed by atoms with Crippen molar-refractivity contribution in [3.8, 4) is 0 Å². The molecule has 0 unspecified atom stereocenters. The van der Waals surface area contributed by atoms with Gasteiger partial charge in [-0.15, -0.1) is 0 Å².